The van der Waals surface area contributed by atoms with Gasteiger partial charge in [0.2, 0.25) is 0 Å². The van der Waals surface area contributed by atoms with Crippen LogP contribution in [0.4, 0.5) is 5.69 Å². The van der Waals surface area contributed by atoms with Gasteiger partial charge in [-0.1, -0.05) is 0 Å². The molecule has 0 bridgehead atoms. The summed E-state index contributed by atoms with van der Waals surface area (Å²) in [5.41, 5.74) is 3.25. The van der Waals surface area contributed by atoms with Gasteiger partial charge in [0.05, 0.1) is 4.92 Å². The monoisotopic (exact) mass is 204 g/mol. The molecule has 0 aliphatic rings. The minimum Gasteiger partial charge on any atom is -0.258 e. The molecule has 0 N–H and O–H groups in total. The molecular weight excluding hydrogens is 192 g/mol. The molecule has 0 saturated heterocycles. The molecule has 0 radical (unpaired) electrons. The lowest BCUT2D eigenvalue weighted by Gasteiger charge is -2.10. The molecule has 1 aromatic rings. The van der Waals surface area contributed by atoms with Crippen LogP contribution in [0.2, 0.25) is 0 Å². The molecule has 0 aliphatic heterocycles. The van der Waals surface area contributed by atoms with Gasteiger partial charge in [0, 0.05) is 5.56 Å². The van der Waals surface area contributed by atoms with Crippen molar-refractivity contribution in [1.29, 1.82) is 5.26 Å². The molecule has 15 heavy (non-hydrogen) atoms. The van der Waals surface area contributed by atoms with Gasteiger partial charge in [-0.15, -0.1) is 0 Å². The SMILES string of the molecule is Cc1c(C)c(C)c([N+](=O)[O-])c(C#N)c1C. The first-order valence-corrected chi connectivity index (χ1v) is 4.56. The first kappa shape index (κ1) is 11.2. The Balaban J connectivity index is 3.80. The lowest BCUT2D eigenvalue weighted by atomic mass is 9.93. The van der Waals surface area contributed by atoms with Crippen LogP contribution in [0.25, 0.3) is 0 Å². The maximum absolute atomic E-state index is 10.9. The van der Waals surface area contributed by atoms with E-state index in [1.165, 1.54) is 0 Å². The quantitative estimate of drug-likeness (QED) is 0.521. The van der Waals surface area contributed by atoms with Gasteiger partial charge in [-0.05, 0) is 44.4 Å². The number of nitro benzene ring substituents is 1. The maximum atomic E-state index is 10.9. The highest BCUT2D eigenvalue weighted by Crippen LogP contribution is 2.31. The van der Waals surface area contributed by atoms with E-state index in [2.05, 4.69) is 0 Å². The van der Waals surface area contributed by atoms with E-state index in [-0.39, 0.29) is 11.3 Å². The van der Waals surface area contributed by atoms with Gasteiger partial charge in [0.15, 0.2) is 0 Å². The molecule has 0 aliphatic carbocycles. The third-order valence-electron chi connectivity index (χ3n) is 2.95. The Kier molecular flexibility index (Phi) is 2.76. The fourth-order valence-electron chi connectivity index (χ4n) is 1.66. The van der Waals surface area contributed by atoms with Crippen LogP contribution in [-0.4, -0.2) is 4.92 Å². The second kappa shape index (κ2) is 3.70. The summed E-state index contributed by atoms with van der Waals surface area (Å²) < 4.78 is 0. The van der Waals surface area contributed by atoms with Crippen LogP contribution in [0.1, 0.15) is 27.8 Å². The third-order valence-corrected chi connectivity index (χ3v) is 2.95. The fraction of sp³-hybridized carbons (Fsp3) is 0.364. The molecule has 0 unspecified atom stereocenters. The first-order chi connectivity index (χ1) is 6.91. The molecule has 0 saturated carbocycles. The van der Waals surface area contributed by atoms with E-state index in [1.807, 2.05) is 19.9 Å². The highest BCUT2D eigenvalue weighted by Gasteiger charge is 2.23. The molecular formula is C11H12N2O2. The molecule has 1 rings (SSSR count). The van der Waals surface area contributed by atoms with Crippen molar-refractivity contribution in [2.24, 2.45) is 0 Å². The number of nitrogens with zero attached hydrogens (tertiary/aromatic N) is 2. The predicted octanol–water partition coefficient (Wildman–Crippen LogP) is 2.70. The summed E-state index contributed by atoms with van der Waals surface area (Å²) in [4.78, 5) is 10.4. The van der Waals surface area contributed by atoms with Gasteiger partial charge in [0.1, 0.15) is 11.6 Å². The third kappa shape index (κ3) is 1.57. The Labute approximate surface area is 88.3 Å². The molecule has 0 fully saturated rings. The number of nitriles is 1. The predicted molar refractivity (Wildman–Crippen MR) is 56.8 cm³/mol. The largest absolute Gasteiger partial charge is 0.290 e. The zero-order chi connectivity index (χ0) is 11.7. The zero-order valence-corrected chi connectivity index (χ0v) is 9.21. The van der Waals surface area contributed by atoms with E-state index in [0.29, 0.717) is 11.1 Å². The minimum absolute atomic E-state index is 0.0573. The smallest absolute Gasteiger partial charge is 0.258 e. The molecule has 4 heteroatoms. The summed E-state index contributed by atoms with van der Waals surface area (Å²) in [6, 6.07) is 1.91. The summed E-state index contributed by atoms with van der Waals surface area (Å²) >= 11 is 0. The minimum atomic E-state index is -0.479. The van der Waals surface area contributed by atoms with E-state index >= 15 is 0 Å². The zero-order valence-electron chi connectivity index (χ0n) is 9.21. The molecule has 0 amide bonds. The summed E-state index contributed by atoms with van der Waals surface area (Å²) in [6.45, 7) is 7.14. The lowest BCUT2D eigenvalue weighted by Crippen LogP contribution is -2.03. The van der Waals surface area contributed by atoms with Crippen molar-refractivity contribution in [1.82, 2.24) is 0 Å². The van der Waals surface area contributed by atoms with Gasteiger partial charge >= 0.3 is 0 Å². The van der Waals surface area contributed by atoms with Crippen LogP contribution in [0.15, 0.2) is 0 Å². The number of benzene rings is 1. The average Bonchev–Trinajstić information content (AvgIpc) is 2.19. The summed E-state index contributed by atoms with van der Waals surface area (Å²) in [6.07, 6.45) is 0. The van der Waals surface area contributed by atoms with E-state index in [1.54, 1.807) is 13.8 Å². The van der Waals surface area contributed by atoms with Crippen LogP contribution in [0.3, 0.4) is 0 Å². The number of hydrogen-bond donors (Lipinski definition) is 0. The van der Waals surface area contributed by atoms with E-state index in [4.69, 9.17) is 5.26 Å². The highest BCUT2D eigenvalue weighted by atomic mass is 16.6. The van der Waals surface area contributed by atoms with Crippen LogP contribution >= 0.6 is 0 Å². The molecule has 0 aromatic heterocycles. The molecule has 4 nitrogen and oxygen atoms in total. The molecule has 0 spiro atoms. The molecule has 0 heterocycles. The van der Waals surface area contributed by atoms with Crippen LogP contribution in [0.5, 0.6) is 0 Å². The Morgan fingerprint density at radius 2 is 1.53 bits per heavy atom. The number of rotatable bonds is 1. The van der Waals surface area contributed by atoms with Crippen molar-refractivity contribution >= 4 is 5.69 Å². The van der Waals surface area contributed by atoms with Crippen molar-refractivity contribution in [2.45, 2.75) is 27.7 Å². The van der Waals surface area contributed by atoms with E-state index in [9.17, 15) is 10.1 Å². The van der Waals surface area contributed by atoms with Gasteiger partial charge in [0.25, 0.3) is 5.69 Å². The van der Waals surface area contributed by atoms with Crippen molar-refractivity contribution in [3.8, 4) is 6.07 Å². The second-order valence-electron chi connectivity index (χ2n) is 3.59. The maximum Gasteiger partial charge on any atom is 0.290 e. The van der Waals surface area contributed by atoms with Crippen molar-refractivity contribution in [2.75, 3.05) is 0 Å². The Morgan fingerprint density at radius 3 is 1.93 bits per heavy atom. The Hall–Kier alpha value is -1.89. The van der Waals surface area contributed by atoms with Crippen LogP contribution in [0, 0.1) is 49.1 Å². The fourth-order valence-corrected chi connectivity index (χ4v) is 1.66. The second-order valence-corrected chi connectivity index (χ2v) is 3.59. The van der Waals surface area contributed by atoms with Gasteiger partial charge in [-0.25, -0.2) is 0 Å². The van der Waals surface area contributed by atoms with Crippen LogP contribution < -0.4 is 0 Å². The first-order valence-electron chi connectivity index (χ1n) is 4.56. The highest BCUT2D eigenvalue weighted by molar-refractivity contribution is 5.63. The van der Waals surface area contributed by atoms with E-state index < -0.39 is 4.92 Å². The summed E-state index contributed by atoms with van der Waals surface area (Å²) in [5.74, 6) is 0. The van der Waals surface area contributed by atoms with Crippen molar-refractivity contribution in [3.05, 3.63) is 37.9 Å². The molecule has 78 valence electrons. The van der Waals surface area contributed by atoms with Gasteiger partial charge in [-0.3, -0.25) is 10.1 Å². The van der Waals surface area contributed by atoms with Crippen molar-refractivity contribution in [3.63, 3.8) is 0 Å². The lowest BCUT2D eigenvalue weighted by molar-refractivity contribution is -0.385. The summed E-state index contributed by atoms with van der Waals surface area (Å²) in [5, 5.41) is 19.8. The number of hydrogen-bond acceptors (Lipinski definition) is 3. The summed E-state index contributed by atoms with van der Waals surface area (Å²) in [7, 11) is 0. The normalized spacial score (nSPS) is 9.80. The topological polar surface area (TPSA) is 66.9 Å². The van der Waals surface area contributed by atoms with Crippen molar-refractivity contribution < 1.29 is 4.92 Å². The van der Waals surface area contributed by atoms with Gasteiger partial charge in [-0.2, -0.15) is 5.26 Å². The molecule has 0 atom stereocenters. The van der Waals surface area contributed by atoms with E-state index in [0.717, 1.165) is 11.1 Å². The van der Waals surface area contributed by atoms with Crippen LogP contribution in [-0.2, 0) is 0 Å². The Morgan fingerprint density at radius 1 is 1.07 bits per heavy atom. The number of nitro groups is 1. The standard InChI is InChI=1S/C11H12N2O2/c1-6-7(2)9(4)11(13(14)15)10(5-12)8(6)3/h1-4H3. The van der Waals surface area contributed by atoms with Gasteiger partial charge < -0.3 is 0 Å². The Bertz CT molecular complexity index is 485. The molecule has 1 aromatic carbocycles. The average molecular weight is 204 g/mol.